The van der Waals surface area contributed by atoms with Gasteiger partial charge in [0.2, 0.25) is 10.0 Å². The molecule has 2 amide bonds. The molecule has 3 aliphatic rings. The van der Waals surface area contributed by atoms with Crippen LogP contribution < -0.4 is 9.46 Å². The summed E-state index contributed by atoms with van der Waals surface area (Å²) in [6.45, 7) is 1.44. The molecular weight excluding hydrogens is 542 g/mol. The van der Waals surface area contributed by atoms with Crippen LogP contribution >= 0.6 is 23.2 Å². The predicted octanol–water partition coefficient (Wildman–Crippen LogP) is 5.16. The normalized spacial score (nSPS) is 18.5. The summed E-state index contributed by atoms with van der Waals surface area (Å²) >= 11 is 12.1. The Labute approximate surface area is 225 Å². The molecule has 1 saturated heterocycles. The molecule has 2 saturated carbocycles. The van der Waals surface area contributed by atoms with Crippen molar-refractivity contribution in [1.82, 2.24) is 9.62 Å². The molecule has 1 heterocycles. The summed E-state index contributed by atoms with van der Waals surface area (Å²) in [5, 5.41) is 0.214. The van der Waals surface area contributed by atoms with Crippen molar-refractivity contribution in [3.8, 4) is 5.75 Å². The van der Waals surface area contributed by atoms with Gasteiger partial charge in [-0.2, -0.15) is 0 Å². The van der Waals surface area contributed by atoms with Crippen molar-refractivity contribution in [3.63, 3.8) is 0 Å². The molecule has 0 radical (unpaired) electrons. The van der Waals surface area contributed by atoms with Gasteiger partial charge in [0.25, 0.3) is 11.8 Å². The zero-order valence-corrected chi connectivity index (χ0v) is 22.3. The van der Waals surface area contributed by atoms with E-state index in [9.17, 15) is 22.4 Å². The van der Waals surface area contributed by atoms with Crippen LogP contribution in [0.2, 0.25) is 10.0 Å². The molecule has 0 spiro atoms. The molecular formula is C26H27Cl2FN2O5S. The Morgan fingerprint density at radius 2 is 1.70 bits per heavy atom. The number of carbonyl (C=O) groups excluding carboxylic acids is 2. The molecule has 1 aliphatic heterocycles. The maximum absolute atomic E-state index is 14.9. The number of carbonyl (C=O) groups is 2. The van der Waals surface area contributed by atoms with Gasteiger partial charge >= 0.3 is 0 Å². The fourth-order valence-corrected chi connectivity index (χ4v) is 6.35. The third kappa shape index (κ3) is 6.04. The summed E-state index contributed by atoms with van der Waals surface area (Å²) < 4.78 is 47.2. The highest BCUT2D eigenvalue weighted by Gasteiger charge is 2.38. The topological polar surface area (TPSA) is 92.8 Å². The number of halogens is 3. The third-order valence-electron chi connectivity index (χ3n) is 7.10. The van der Waals surface area contributed by atoms with Crippen LogP contribution in [-0.4, -0.2) is 50.1 Å². The zero-order valence-electron chi connectivity index (χ0n) is 20.0. The number of piperidine rings is 1. The molecule has 1 N–H and O–H groups in total. The van der Waals surface area contributed by atoms with E-state index in [1.54, 1.807) is 23.1 Å². The van der Waals surface area contributed by atoms with Gasteiger partial charge < -0.3 is 9.64 Å². The van der Waals surface area contributed by atoms with Crippen molar-refractivity contribution in [1.29, 1.82) is 0 Å². The monoisotopic (exact) mass is 568 g/mol. The summed E-state index contributed by atoms with van der Waals surface area (Å²) in [6.07, 6.45) is 4.25. The van der Waals surface area contributed by atoms with E-state index in [0.29, 0.717) is 53.9 Å². The number of amides is 2. The molecule has 3 fully saturated rings. The lowest BCUT2D eigenvalue weighted by atomic mass is 9.97. The first kappa shape index (κ1) is 26.3. The van der Waals surface area contributed by atoms with Crippen molar-refractivity contribution >= 4 is 45.0 Å². The highest BCUT2D eigenvalue weighted by Crippen LogP contribution is 2.45. The van der Waals surface area contributed by atoms with E-state index in [1.807, 2.05) is 4.72 Å². The molecule has 7 nitrogen and oxygen atoms in total. The van der Waals surface area contributed by atoms with Crippen LogP contribution in [0.5, 0.6) is 5.75 Å². The highest BCUT2D eigenvalue weighted by atomic mass is 35.5. The lowest BCUT2D eigenvalue weighted by Gasteiger charge is -2.32. The molecule has 2 aromatic rings. The van der Waals surface area contributed by atoms with Gasteiger partial charge in [0.05, 0.1) is 28.0 Å². The van der Waals surface area contributed by atoms with Crippen molar-refractivity contribution in [2.24, 2.45) is 5.92 Å². The average molecular weight is 569 g/mol. The Morgan fingerprint density at radius 3 is 2.32 bits per heavy atom. The van der Waals surface area contributed by atoms with Crippen molar-refractivity contribution < 1.29 is 27.1 Å². The van der Waals surface area contributed by atoms with E-state index in [2.05, 4.69) is 0 Å². The smallest absolute Gasteiger partial charge is 0.267 e. The molecule has 5 rings (SSSR count). The van der Waals surface area contributed by atoms with Gasteiger partial charge in [0, 0.05) is 24.2 Å². The molecule has 2 aromatic carbocycles. The number of sulfonamides is 1. The Morgan fingerprint density at radius 1 is 1.00 bits per heavy atom. The highest BCUT2D eigenvalue weighted by molar-refractivity contribution is 7.91. The first-order valence-electron chi connectivity index (χ1n) is 12.4. The minimum absolute atomic E-state index is 0.142. The molecule has 0 atom stereocenters. The number of rotatable bonds is 8. The fourth-order valence-electron chi connectivity index (χ4n) is 4.57. The van der Waals surface area contributed by atoms with E-state index in [1.165, 1.54) is 12.1 Å². The van der Waals surface area contributed by atoms with Crippen molar-refractivity contribution in [2.45, 2.75) is 49.7 Å². The SMILES string of the molecule is O=C(NS(=O)(=O)C1CC1)c1cc(C2CC2)c(OCC2CCN(C(=O)c3ccc(Cl)cc3Cl)CC2)cc1F. The Hall–Kier alpha value is -2.36. The average Bonchev–Trinajstić information content (AvgIpc) is 3.75. The van der Waals surface area contributed by atoms with Crippen LogP contribution in [-0.2, 0) is 10.0 Å². The minimum atomic E-state index is -3.78. The lowest BCUT2D eigenvalue weighted by Crippen LogP contribution is -2.39. The van der Waals surface area contributed by atoms with Gasteiger partial charge in [-0.05, 0) is 80.2 Å². The number of hydrogen-bond donors (Lipinski definition) is 1. The summed E-state index contributed by atoms with van der Waals surface area (Å²) in [5.41, 5.74) is 0.853. The van der Waals surface area contributed by atoms with E-state index >= 15 is 0 Å². The second-order valence-corrected chi connectivity index (χ2v) is 12.8. The quantitative estimate of drug-likeness (QED) is 0.474. The van der Waals surface area contributed by atoms with Gasteiger partial charge in [-0.25, -0.2) is 17.5 Å². The number of likely N-dealkylation sites (tertiary alicyclic amines) is 1. The maximum Gasteiger partial charge on any atom is 0.267 e. The summed E-state index contributed by atoms with van der Waals surface area (Å²) in [6, 6.07) is 7.43. The van der Waals surface area contributed by atoms with Gasteiger partial charge in [0.15, 0.2) is 0 Å². The van der Waals surface area contributed by atoms with Crippen molar-refractivity contribution in [3.05, 3.63) is 62.9 Å². The molecule has 0 unspecified atom stereocenters. The van der Waals surface area contributed by atoms with Gasteiger partial charge in [-0.15, -0.1) is 0 Å². The molecule has 0 bridgehead atoms. The van der Waals surface area contributed by atoms with Crippen LogP contribution in [0.1, 0.15) is 70.7 Å². The second kappa shape index (κ2) is 10.4. The van der Waals surface area contributed by atoms with Crippen LogP contribution in [0.3, 0.4) is 0 Å². The number of ether oxygens (including phenoxy) is 1. The van der Waals surface area contributed by atoms with Crippen LogP contribution in [0.4, 0.5) is 4.39 Å². The van der Waals surface area contributed by atoms with Gasteiger partial charge in [0.1, 0.15) is 11.6 Å². The second-order valence-electron chi connectivity index (χ2n) is 9.99. The lowest BCUT2D eigenvalue weighted by molar-refractivity contribution is 0.0660. The molecule has 198 valence electrons. The van der Waals surface area contributed by atoms with Crippen LogP contribution in [0.25, 0.3) is 0 Å². The summed E-state index contributed by atoms with van der Waals surface area (Å²) in [7, 11) is -3.78. The molecule has 0 aromatic heterocycles. The number of benzene rings is 2. The first-order valence-corrected chi connectivity index (χ1v) is 14.7. The summed E-state index contributed by atoms with van der Waals surface area (Å²) in [4.78, 5) is 27.1. The van der Waals surface area contributed by atoms with Crippen LogP contribution in [0.15, 0.2) is 30.3 Å². The Kier molecular flexibility index (Phi) is 7.40. The van der Waals surface area contributed by atoms with Gasteiger partial charge in [-0.1, -0.05) is 23.2 Å². The molecule has 37 heavy (non-hydrogen) atoms. The van der Waals surface area contributed by atoms with E-state index in [4.69, 9.17) is 27.9 Å². The standard InChI is InChI=1S/C26H27Cl2FN2O5S/c27-17-3-6-19(22(28)11-17)26(33)31-9-7-15(8-10-31)14-36-24-13-23(29)21(12-20(24)16-1-2-16)25(32)30-37(34,35)18-4-5-18/h3,6,11-13,15-16,18H,1-2,4-5,7-10,14H2,(H,30,32). The van der Waals surface area contributed by atoms with E-state index in [0.717, 1.165) is 31.2 Å². The maximum atomic E-state index is 14.9. The fraction of sp³-hybridized carbons (Fsp3) is 0.462. The first-order chi connectivity index (χ1) is 17.6. The summed E-state index contributed by atoms with van der Waals surface area (Å²) in [5.74, 6) is -1.19. The number of nitrogens with zero attached hydrogens (tertiary/aromatic N) is 1. The van der Waals surface area contributed by atoms with E-state index < -0.39 is 27.0 Å². The molecule has 2 aliphatic carbocycles. The molecule has 11 heteroatoms. The van der Waals surface area contributed by atoms with Crippen LogP contribution in [0, 0.1) is 11.7 Å². The van der Waals surface area contributed by atoms with E-state index in [-0.39, 0.29) is 23.3 Å². The Bertz CT molecular complexity index is 1340. The van der Waals surface area contributed by atoms with Crippen molar-refractivity contribution in [2.75, 3.05) is 19.7 Å². The van der Waals surface area contributed by atoms with Gasteiger partial charge in [-0.3, -0.25) is 9.59 Å². The number of nitrogens with one attached hydrogen (secondary N) is 1. The Balaban J connectivity index is 1.20. The zero-order chi connectivity index (χ0) is 26.3. The minimum Gasteiger partial charge on any atom is -0.493 e. The number of hydrogen-bond acceptors (Lipinski definition) is 5. The predicted molar refractivity (Wildman–Crippen MR) is 138 cm³/mol. The third-order valence-corrected chi connectivity index (χ3v) is 9.46. The largest absolute Gasteiger partial charge is 0.493 e.